The van der Waals surface area contributed by atoms with Crippen molar-refractivity contribution in [3.63, 3.8) is 0 Å². The summed E-state index contributed by atoms with van der Waals surface area (Å²) in [5.74, 6) is 0. The summed E-state index contributed by atoms with van der Waals surface area (Å²) in [7, 11) is 0. The van der Waals surface area contributed by atoms with E-state index < -0.39 is 5.69 Å². The molecular formula is C33H19N3O2. The number of para-hydroxylation sites is 2. The highest BCUT2D eigenvalue weighted by molar-refractivity contribution is 6.25. The first-order valence-electron chi connectivity index (χ1n) is 12.5. The number of benzene rings is 6. The highest BCUT2D eigenvalue weighted by Crippen LogP contribution is 2.36. The van der Waals surface area contributed by atoms with E-state index >= 15 is 0 Å². The lowest BCUT2D eigenvalue weighted by atomic mass is 9.94. The number of hydrogen-bond acceptors (Lipinski definition) is 3. The Morgan fingerprint density at radius 2 is 1.03 bits per heavy atom. The topological polar surface area (TPSA) is 56.4 Å². The highest BCUT2D eigenvalue weighted by atomic mass is 16.2. The van der Waals surface area contributed by atoms with Gasteiger partial charge in [0.05, 0.1) is 22.1 Å². The number of hydrogen-bond donors (Lipinski definition) is 0. The first-order chi connectivity index (χ1) is 18.7. The SMILES string of the molecule is O=c1c2ccccc2nc2c3ccccc3n(-c3ccc4c5ccccc5c5ccccc5c4c3)c(=O)n12. The van der Waals surface area contributed by atoms with Crippen molar-refractivity contribution in [1.82, 2.24) is 14.0 Å². The van der Waals surface area contributed by atoms with Crippen LogP contribution in [-0.2, 0) is 0 Å². The van der Waals surface area contributed by atoms with E-state index in [-0.39, 0.29) is 5.56 Å². The maximum atomic E-state index is 14.1. The fourth-order valence-electron chi connectivity index (χ4n) is 5.84. The Morgan fingerprint density at radius 1 is 0.500 bits per heavy atom. The van der Waals surface area contributed by atoms with Crippen LogP contribution in [0.1, 0.15) is 0 Å². The maximum Gasteiger partial charge on any atom is 0.342 e. The number of aromatic nitrogens is 3. The van der Waals surface area contributed by atoms with E-state index in [0.717, 1.165) is 32.3 Å². The summed E-state index contributed by atoms with van der Waals surface area (Å²) >= 11 is 0. The molecule has 0 saturated heterocycles. The fourth-order valence-corrected chi connectivity index (χ4v) is 5.84. The third-order valence-electron chi connectivity index (χ3n) is 7.53. The summed E-state index contributed by atoms with van der Waals surface area (Å²) in [6, 6.07) is 37.6. The maximum absolute atomic E-state index is 14.1. The van der Waals surface area contributed by atoms with E-state index in [9.17, 15) is 9.59 Å². The van der Waals surface area contributed by atoms with Gasteiger partial charge in [-0.25, -0.2) is 14.2 Å². The number of nitrogens with zero attached hydrogens (tertiary/aromatic N) is 3. The molecule has 0 fully saturated rings. The van der Waals surface area contributed by atoms with Gasteiger partial charge in [-0.2, -0.15) is 0 Å². The Kier molecular flexibility index (Phi) is 4.17. The van der Waals surface area contributed by atoms with Gasteiger partial charge < -0.3 is 0 Å². The summed E-state index contributed by atoms with van der Waals surface area (Å²) in [5, 5.41) is 7.96. The van der Waals surface area contributed by atoms with E-state index in [1.54, 1.807) is 22.8 Å². The molecule has 0 aliphatic carbocycles. The standard InChI is InChI=1S/C33H19N3O2/c37-32-26-13-5-7-15-29(26)34-31-27-14-6-8-16-30(27)35(33(38)36(31)32)20-17-18-25-23-11-2-1-9-21(23)22-10-3-4-12-24(22)28(25)19-20/h1-19H. The van der Waals surface area contributed by atoms with Gasteiger partial charge in [-0.15, -0.1) is 0 Å². The van der Waals surface area contributed by atoms with Crippen LogP contribution in [0.3, 0.4) is 0 Å². The van der Waals surface area contributed by atoms with Crippen molar-refractivity contribution in [1.29, 1.82) is 0 Å². The summed E-state index contributed by atoms with van der Waals surface area (Å²) in [6.07, 6.45) is 0. The molecule has 0 saturated carbocycles. The third-order valence-corrected chi connectivity index (χ3v) is 7.53. The molecule has 0 atom stereocenters. The zero-order chi connectivity index (χ0) is 25.4. The Morgan fingerprint density at radius 3 is 1.71 bits per heavy atom. The average Bonchev–Trinajstić information content (AvgIpc) is 2.97. The van der Waals surface area contributed by atoms with Gasteiger partial charge in [-0.3, -0.25) is 9.36 Å². The minimum atomic E-state index is -0.439. The van der Waals surface area contributed by atoms with E-state index in [1.165, 1.54) is 9.79 Å². The van der Waals surface area contributed by atoms with Gasteiger partial charge in [0.1, 0.15) is 0 Å². The molecule has 2 heterocycles. The van der Waals surface area contributed by atoms with Gasteiger partial charge >= 0.3 is 5.69 Å². The van der Waals surface area contributed by atoms with Crippen LogP contribution in [0.15, 0.2) is 125 Å². The van der Waals surface area contributed by atoms with Crippen LogP contribution in [0.2, 0.25) is 0 Å². The minimum absolute atomic E-state index is 0.364. The summed E-state index contributed by atoms with van der Waals surface area (Å²) in [5.41, 5.74) is 1.52. The van der Waals surface area contributed by atoms with Crippen molar-refractivity contribution in [3.8, 4) is 5.69 Å². The van der Waals surface area contributed by atoms with Crippen LogP contribution in [0.25, 0.3) is 65.5 Å². The van der Waals surface area contributed by atoms with E-state index in [0.29, 0.717) is 27.8 Å². The smallest absolute Gasteiger partial charge is 0.268 e. The van der Waals surface area contributed by atoms with Crippen molar-refractivity contribution in [2.45, 2.75) is 0 Å². The third kappa shape index (κ3) is 2.73. The van der Waals surface area contributed by atoms with E-state index in [2.05, 4.69) is 54.6 Å². The largest absolute Gasteiger partial charge is 0.342 e. The fraction of sp³-hybridized carbons (Fsp3) is 0. The van der Waals surface area contributed by atoms with Gasteiger partial charge in [0.25, 0.3) is 5.56 Å². The highest BCUT2D eigenvalue weighted by Gasteiger charge is 2.17. The summed E-state index contributed by atoms with van der Waals surface area (Å²) < 4.78 is 2.83. The molecule has 0 radical (unpaired) electrons. The van der Waals surface area contributed by atoms with Gasteiger partial charge in [0.15, 0.2) is 5.65 Å². The lowest BCUT2D eigenvalue weighted by molar-refractivity contribution is 0.886. The van der Waals surface area contributed by atoms with Crippen molar-refractivity contribution in [2.75, 3.05) is 0 Å². The molecule has 8 aromatic rings. The second kappa shape index (κ2) is 7.60. The summed E-state index contributed by atoms with van der Waals surface area (Å²) in [6.45, 7) is 0. The second-order valence-electron chi connectivity index (χ2n) is 9.55. The van der Waals surface area contributed by atoms with E-state index in [1.807, 2.05) is 42.5 Å². The predicted molar refractivity (Wildman–Crippen MR) is 155 cm³/mol. The Hall–Kier alpha value is -5.29. The molecular weight excluding hydrogens is 470 g/mol. The average molecular weight is 490 g/mol. The normalized spacial score (nSPS) is 11.9. The molecule has 38 heavy (non-hydrogen) atoms. The Bertz CT molecular complexity index is 2370. The van der Waals surface area contributed by atoms with Crippen LogP contribution in [0.4, 0.5) is 0 Å². The first-order valence-corrected chi connectivity index (χ1v) is 12.5. The Labute approximate surface area is 215 Å². The molecule has 0 aliphatic rings. The molecule has 0 unspecified atom stereocenters. The predicted octanol–water partition coefficient (Wildman–Crippen LogP) is 6.61. The molecule has 0 aliphatic heterocycles. The van der Waals surface area contributed by atoms with E-state index in [4.69, 9.17) is 4.98 Å². The molecule has 0 bridgehead atoms. The molecule has 0 spiro atoms. The van der Waals surface area contributed by atoms with Gasteiger partial charge in [-0.05, 0) is 68.7 Å². The molecule has 178 valence electrons. The molecule has 5 nitrogen and oxygen atoms in total. The van der Waals surface area contributed by atoms with Gasteiger partial charge in [0, 0.05) is 5.39 Å². The number of fused-ring (bicyclic) bond motifs is 10. The number of rotatable bonds is 1. The zero-order valence-corrected chi connectivity index (χ0v) is 20.1. The lowest BCUT2D eigenvalue weighted by Crippen LogP contribution is -2.34. The Balaban J connectivity index is 1.56. The molecule has 0 amide bonds. The van der Waals surface area contributed by atoms with Crippen molar-refractivity contribution >= 4 is 59.8 Å². The lowest BCUT2D eigenvalue weighted by Gasteiger charge is -2.16. The zero-order valence-electron chi connectivity index (χ0n) is 20.1. The van der Waals surface area contributed by atoms with Gasteiger partial charge in [-0.1, -0.05) is 78.9 Å². The molecule has 2 aromatic heterocycles. The van der Waals surface area contributed by atoms with Crippen molar-refractivity contribution in [2.24, 2.45) is 0 Å². The van der Waals surface area contributed by atoms with Crippen LogP contribution in [0, 0.1) is 0 Å². The molecule has 0 N–H and O–H groups in total. The summed E-state index contributed by atoms with van der Waals surface area (Å²) in [4.78, 5) is 32.4. The van der Waals surface area contributed by atoms with Crippen LogP contribution < -0.4 is 11.2 Å². The van der Waals surface area contributed by atoms with Crippen LogP contribution in [-0.4, -0.2) is 14.0 Å². The van der Waals surface area contributed by atoms with Gasteiger partial charge in [0.2, 0.25) is 0 Å². The van der Waals surface area contributed by atoms with Crippen LogP contribution >= 0.6 is 0 Å². The van der Waals surface area contributed by atoms with Crippen LogP contribution in [0.5, 0.6) is 0 Å². The first kappa shape index (κ1) is 20.9. The minimum Gasteiger partial charge on any atom is -0.268 e. The second-order valence-corrected chi connectivity index (χ2v) is 9.55. The molecule has 6 aromatic carbocycles. The molecule has 5 heteroatoms. The van der Waals surface area contributed by atoms with Crippen molar-refractivity contribution in [3.05, 3.63) is 136 Å². The molecule has 8 rings (SSSR count). The van der Waals surface area contributed by atoms with Crippen molar-refractivity contribution < 1.29 is 0 Å². The monoisotopic (exact) mass is 489 g/mol. The quantitative estimate of drug-likeness (QED) is 0.193.